The number of likely N-dealkylation sites (N-methyl/N-ethyl adjacent to an activating group) is 1. The Labute approximate surface area is 560 Å². The van der Waals surface area contributed by atoms with Gasteiger partial charge in [-0.3, -0.25) is 9.59 Å². The van der Waals surface area contributed by atoms with Crippen molar-refractivity contribution in [2.24, 2.45) is 0 Å². The van der Waals surface area contributed by atoms with Crippen molar-refractivity contribution in [2.45, 2.75) is 322 Å². The van der Waals surface area contributed by atoms with Crippen LogP contribution < -0.4 is 5.11 Å². The summed E-state index contributed by atoms with van der Waals surface area (Å²) in [5, 5.41) is 11.8. The molecule has 91 heavy (non-hydrogen) atoms. The van der Waals surface area contributed by atoms with Gasteiger partial charge in [0.15, 0.2) is 12.4 Å². The van der Waals surface area contributed by atoms with Crippen molar-refractivity contribution >= 4 is 17.9 Å². The Morgan fingerprint density at radius 2 is 0.626 bits per heavy atom. The molecule has 0 heterocycles. The van der Waals surface area contributed by atoms with Gasteiger partial charge in [0.25, 0.3) is 0 Å². The Kier molecular flexibility index (Phi) is 67.7. The zero-order chi connectivity index (χ0) is 66.1. The Morgan fingerprint density at radius 1 is 0.341 bits per heavy atom. The van der Waals surface area contributed by atoms with E-state index in [2.05, 4.69) is 148 Å². The second-order valence-electron chi connectivity index (χ2n) is 25.9. The first-order valence-electron chi connectivity index (χ1n) is 37.3. The molecule has 0 aliphatic rings. The third kappa shape index (κ3) is 72.7. The largest absolute Gasteiger partial charge is 0.545 e. The predicted molar refractivity (Wildman–Crippen MR) is 389 cm³/mol. The summed E-state index contributed by atoms with van der Waals surface area (Å²) >= 11 is 0. The maximum absolute atomic E-state index is 12.9. The Bertz CT molecular complexity index is 1960. The highest BCUT2D eigenvalue weighted by atomic mass is 16.7. The van der Waals surface area contributed by atoms with Crippen LogP contribution in [0.25, 0.3) is 0 Å². The van der Waals surface area contributed by atoms with Crippen molar-refractivity contribution in [1.29, 1.82) is 0 Å². The maximum atomic E-state index is 12.9. The lowest BCUT2D eigenvalue weighted by atomic mass is 10.0. The molecule has 0 radical (unpaired) electrons. The fourth-order valence-corrected chi connectivity index (χ4v) is 10.2. The van der Waals surface area contributed by atoms with Crippen LogP contribution in [0, 0.1) is 0 Å². The Morgan fingerprint density at radius 3 is 0.934 bits per heavy atom. The van der Waals surface area contributed by atoms with Crippen LogP contribution in [0.1, 0.15) is 309 Å². The number of unbranched alkanes of at least 4 members (excludes halogenated alkanes) is 31. The fourth-order valence-electron chi connectivity index (χ4n) is 10.2. The molecule has 0 aromatic rings. The number of nitrogens with zero attached hydrogens (tertiary/aromatic N) is 1. The molecule has 2 unspecified atom stereocenters. The molecule has 0 aliphatic heterocycles. The van der Waals surface area contributed by atoms with Crippen LogP contribution in [-0.4, -0.2) is 82.3 Å². The summed E-state index contributed by atoms with van der Waals surface area (Å²) in [5.41, 5.74) is 0. The van der Waals surface area contributed by atoms with Crippen LogP contribution in [-0.2, 0) is 33.3 Å². The van der Waals surface area contributed by atoms with Crippen molar-refractivity contribution in [3.63, 3.8) is 0 Å². The number of carbonyl (C=O) groups excluding carboxylic acids is 3. The molecule has 0 bridgehead atoms. The minimum Gasteiger partial charge on any atom is -0.545 e. The van der Waals surface area contributed by atoms with Crippen molar-refractivity contribution in [2.75, 3.05) is 47.5 Å². The molecular weight excluding hydrogens is 1130 g/mol. The van der Waals surface area contributed by atoms with Gasteiger partial charge >= 0.3 is 11.9 Å². The average Bonchev–Trinajstić information content (AvgIpc) is 3.66. The number of carbonyl (C=O) groups is 3. The second-order valence-corrected chi connectivity index (χ2v) is 25.9. The molecule has 9 nitrogen and oxygen atoms in total. The fraction of sp³-hybridized carbons (Fsp3) is 0.695. The van der Waals surface area contributed by atoms with E-state index in [4.69, 9.17) is 18.9 Å². The molecule has 0 aromatic carbocycles. The number of rotatable bonds is 68. The molecule has 0 spiro atoms. The molecule has 0 N–H and O–H groups in total. The van der Waals surface area contributed by atoms with E-state index in [9.17, 15) is 19.5 Å². The first kappa shape index (κ1) is 86.4. The lowest BCUT2D eigenvalue weighted by molar-refractivity contribution is -0.870. The van der Waals surface area contributed by atoms with Crippen molar-refractivity contribution < 1.29 is 42.9 Å². The second kappa shape index (κ2) is 71.3. The quantitative estimate of drug-likeness (QED) is 0.0195. The molecule has 0 aliphatic carbocycles. The van der Waals surface area contributed by atoms with Crippen LogP contribution >= 0.6 is 0 Å². The summed E-state index contributed by atoms with van der Waals surface area (Å²) in [6.45, 7) is 4.60. The number of hydrogen-bond donors (Lipinski definition) is 0. The van der Waals surface area contributed by atoms with Crippen molar-refractivity contribution in [3.05, 3.63) is 134 Å². The summed E-state index contributed by atoms with van der Waals surface area (Å²) in [4.78, 5) is 37.5. The maximum Gasteiger partial charge on any atom is 0.306 e. The van der Waals surface area contributed by atoms with E-state index in [1.165, 1.54) is 167 Å². The van der Waals surface area contributed by atoms with Crippen LogP contribution in [0.3, 0.4) is 0 Å². The highest BCUT2D eigenvalue weighted by Gasteiger charge is 2.22. The lowest BCUT2D eigenvalue weighted by Crippen LogP contribution is -2.44. The van der Waals surface area contributed by atoms with Gasteiger partial charge in [-0.15, -0.1) is 0 Å². The first-order valence-corrected chi connectivity index (χ1v) is 37.3. The molecular formula is C82H139NO8. The number of carboxylic acids is 1. The van der Waals surface area contributed by atoms with E-state index >= 15 is 0 Å². The van der Waals surface area contributed by atoms with E-state index in [0.717, 1.165) is 109 Å². The minimum absolute atomic E-state index is 0.137. The number of hydrogen-bond acceptors (Lipinski definition) is 8. The summed E-state index contributed by atoms with van der Waals surface area (Å²) in [5.74, 6) is -2.32. The average molecular weight is 1270 g/mol. The molecule has 0 rings (SSSR count). The number of allylic oxidation sites excluding steroid dienone is 22. The number of esters is 2. The van der Waals surface area contributed by atoms with Gasteiger partial charge in [0, 0.05) is 12.8 Å². The third-order valence-electron chi connectivity index (χ3n) is 15.9. The van der Waals surface area contributed by atoms with Crippen molar-refractivity contribution in [3.8, 4) is 0 Å². The van der Waals surface area contributed by atoms with Crippen molar-refractivity contribution in [1.82, 2.24) is 0 Å². The van der Waals surface area contributed by atoms with Crippen LogP contribution in [0.2, 0.25) is 0 Å². The zero-order valence-electron chi connectivity index (χ0n) is 59.4. The highest BCUT2D eigenvalue weighted by molar-refractivity contribution is 5.70. The van der Waals surface area contributed by atoms with E-state index in [1.807, 2.05) is 21.1 Å². The van der Waals surface area contributed by atoms with Gasteiger partial charge in [0.05, 0.1) is 40.3 Å². The predicted octanol–water partition coefficient (Wildman–Crippen LogP) is 22.4. The van der Waals surface area contributed by atoms with Gasteiger partial charge in [-0.2, -0.15) is 0 Å². The molecule has 9 heteroatoms. The van der Waals surface area contributed by atoms with E-state index in [1.54, 1.807) is 0 Å². The van der Waals surface area contributed by atoms with Crippen LogP contribution in [0.4, 0.5) is 0 Å². The number of quaternary nitrogens is 1. The Hall–Kier alpha value is -4.57. The van der Waals surface area contributed by atoms with Gasteiger partial charge in [-0.05, 0) is 116 Å². The normalized spacial score (nSPS) is 13.5. The summed E-state index contributed by atoms with van der Waals surface area (Å²) in [6, 6.07) is 0. The standard InChI is InChI=1S/C82H139NO8/c1-6-8-10-12-14-16-18-20-22-24-26-28-30-32-34-36-37-38-39-40-41-42-43-45-46-48-50-52-54-56-58-60-62-64-66-68-70-72-79(84)89-76-78(77-90-82(81(86)87)88-75-74-83(3,4)5)91-80(85)73-71-69-67-65-63-61-59-57-55-53-51-49-47-44-35-33-31-29-27-25-23-21-19-17-15-13-11-9-7-2/h9,11,15,17-18,20-21,23-24,26-27,29-30,32-33,35,47,49,53,55,59,61,78,82H,6-8,10,12-14,16,19,22,25,28,31,34,36-46,48,50-52,54,56-58,60,62-77H2,1-5H3/b11-9-,17-15-,20-18-,23-21-,26-24-,29-27-,32-30-,35-33-,49-47-,55-53-,61-59-. The van der Waals surface area contributed by atoms with E-state index in [0.29, 0.717) is 17.4 Å². The molecule has 2 atom stereocenters. The lowest BCUT2D eigenvalue weighted by Gasteiger charge is -2.26. The minimum atomic E-state index is -1.64. The van der Waals surface area contributed by atoms with Gasteiger partial charge in [0.2, 0.25) is 0 Å². The molecule has 0 amide bonds. The topological polar surface area (TPSA) is 111 Å². The molecule has 0 fully saturated rings. The molecule has 0 saturated carbocycles. The Balaban J connectivity index is 4.11. The molecule has 520 valence electrons. The molecule has 0 saturated heterocycles. The number of ether oxygens (including phenoxy) is 4. The van der Waals surface area contributed by atoms with Gasteiger partial charge in [-0.25, -0.2) is 0 Å². The summed E-state index contributed by atoms with van der Waals surface area (Å²) < 4.78 is 22.8. The van der Waals surface area contributed by atoms with E-state index < -0.39 is 24.3 Å². The third-order valence-corrected chi connectivity index (χ3v) is 15.9. The van der Waals surface area contributed by atoms with E-state index in [-0.39, 0.29) is 38.6 Å². The first-order chi connectivity index (χ1) is 44.6. The summed E-state index contributed by atoms with van der Waals surface area (Å²) in [7, 11) is 5.92. The van der Waals surface area contributed by atoms with Crippen LogP contribution in [0.5, 0.6) is 0 Å². The van der Waals surface area contributed by atoms with Crippen LogP contribution in [0.15, 0.2) is 134 Å². The monoisotopic (exact) mass is 1270 g/mol. The SMILES string of the molecule is CC/C=C\C/C=C\C/C=C\C/C=C\C/C=C\C/C=C\C/C=C\C/C=C\CCCCCCC(=O)OC(COC(=O)CCCCCCCCCCCCCCCCCCCCCCCC/C=C\C/C=C\C/C=C\CCCCCCC)COC(OCC[N+](C)(C)C)C(=O)[O-]. The zero-order valence-corrected chi connectivity index (χ0v) is 59.4. The number of aliphatic carboxylic acids is 1. The number of carboxylic acid groups (broad SMARTS) is 1. The van der Waals surface area contributed by atoms with Gasteiger partial charge in [-0.1, -0.05) is 314 Å². The van der Waals surface area contributed by atoms with Gasteiger partial charge in [0.1, 0.15) is 13.2 Å². The summed E-state index contributed by atoms with van der Waals surface area (Å²) in [6.07, 6.45) is 99.8. The highest BCUT2D eigenvalue weighted by Crippen LogP contribution is 2.17. The van der Waals surface area contributed by atoms with Gasteiger partial charge < -0.3 is 33.3 Å². The molecule has 0 aromatic heterocycles. The smallest absolute Gasteiger partial charge is 0.306 e.